The van der Waals surface area contributed by atoms with Crippen LogP contribution in [0.4, 0.5) is 0 Å². The van der Waals surface area contributed by atoms with Crippen LogP contribution in [-0.4, -0.2) is 37.0 Å². The zero-order valence-corrected chi connectivity index (χ0v) is 23.1. The van der Waals surface area contributed by atoms with E-state index in [0.29, 0.717) is 19.6 Å². The molecule has 0 fully saturated rings. The monoisotopic (exact) mass is 484 g/mol. The lowest BCUT2D eigenvalue weighted by Crippen LogP contribution is -2.27. The van der Waals surface area contributed by atoms with Crippen molar-refractivity contribution in [1.82, 2.24) is 0 Å². The summed E-state index contributed by atoms with van der Waals surface area (Å²) in [4.78, 5) is 12.0. The number of unbranched alkanes of at least 4 members (excludes halogenated alkanes) is 20. The Balaban J connectivity index is 3.37. The van der Waals surface area contributed by atoms with Crippen molar-refractivity contribution in [2.24, 2.45) is 0 Å². The number of hydrogen-bond acceptors (Lipinski definition) is 4. The van der Waals surface area contributed by atoms with Gasteiger partial charge in [0.25, 0.3) is 0 Å². The number of carbonyl (C=O) groups excluding carboxylic acids is 1. The highest BCUT2D eigenvalue weighted by molar-refractivity contribution is 5.69. The first-order valence-corrected chi connectivity index (χ1v) is 15.1. The van der Waals surface area contributed by atoms with Crippen LogP contribution in [0.25, 0.3) is 0 Å². The predicted molar refractivity (Wildman–Crippen MR) is 145 cm³/mol. The van der Waals surface area contributed by atoms with Crippen molar-refractivity contribution in [1.29, 1.82) is 0 Å². The third kappa shape index (κ3) is 26.0. The van der Waals surface area contributed by atoms with Crippen molar-refractivity contribution in [3.05, 3.63) is 0 Å². The van der Waals surface area contributed by atoms with Crippen LogP contribution in [0.1, 0.15) is 162 Å². The van der Waals surface area contributed by atoms with Gasteiger partial charge in [0.05, 0.1) is 13.2 Å². The van der Waals surface area contributed by atoms with Crippen LogP contribution < -0.4 is 0 Å². The first-order chi connectivity index (χ1) is 16.7. The fourth-order valence-corrected chi connectivity index (χ4v) is 4.39. The zero-order valence-electron chi connectivity index (χ0n) is 23.1. The fraction of sp³-hybridized carbons (Fsp3) is 0.967. The molecule has 0 heterocycles. The molecule has 0 amide bonds. The van der Waals surface area contributed by atoms with Crippen LogP contribution in [0.15, 0.2) is 0 Å². The molecule has 204 valence electrons. The first-order valence-electron chi connectivity index (χ1n) is 15.1. The molecule has 1 N–H and O–H groups in total. The van der Waals surface area contributed by atoms with Crippen molar-refractivity contribution in [2.45, 2.75) is 168 Å². The van der Waals surface area contributed by atoms with Crippen molar-refractivity contribution < 1.29 is 19.4 Å². The van der Waals surface area contributed by atoms with Crippen molar-refractivity contribution in [3.63, 3.8) is 0 Å². The molecule has 0 aliphatic rings. The lowest BCUT2D eigenvalue weighted by Gasteiger charge is -2.15. The molecule has 4 heteroatoms. The van der Waals surface area contributed by atoms with Crippen LogP contribution in [0.5, 0.6) is 0 Å². The third-order valence-electron chi connectivity index (χ3n) is 6.68. The Labute approximate surface area is 213 Å². The van der Waals surface area contributed by atoms with E-state index in [-0.39, 0.29) is 12.6 Å². The number of ether oxygens (including phenoxy) is 2. The molecule has 1 atom stereocenters. The number of hydrogen-bond donors (Lipinski definition) is 1. The fourth-order valence-electron chi connectivity index (χ4n) is 4.39. The molecule has 0 aromatic rings. The summed E-state index contributed by atoms with van der Waals surface area (Å²) >= 11 is 0. The van der Waals surface area contributed by atoms with E-state index in [0.717, 1.165) is 19.3 Å². The van der Waals surface area contributed by atoms with Gasteiger partial charge in [-0.15, -0.1) is 0 Å². The maximum Gasteiger partial charge on any atom is 0.306 e. The van der Waals surface area contributed by atoms with Gasteiger partial charge in [-0.1, -0.05) is 142 Å². The second kappa shape index (κ2) is 28.6. The van der Waals surface area contributed by atoms with Gasteiger partial charge in [-0.25, -0.2) is 0 Å². The normalized spacial score (nSPS) is 12.2. The molecule has 0 rings (SSSR count). The summed E-state index contributed by atoms with van der Waals surface area (Å²) in [6.07, 6.45) is 28.5. The zero-order chi connectivity index (χ0) is 25.0. The molecule has 0 aliphatic heterocycles. The molecule has 1 unspecified atom stereocenters. The summed E-state index contributed by atoms with van der Waals surface area (Å²) in [7, 11) is 0. The molecule has 0 aliphatic carbocycles. The largest absolute Gasteiger partial charge is 0.457 e. The Hall–Kier alpha value is -0.610. The molecule has 0 spiro atoms. The maximum absolute atomic E-state index is 12.0. The van der Waals surface area contributed by atoms with Gasteiger partial charge in [-0.05, 0) is 12.8 Å². The van der Waals surface area contributed by atoms with Gasteiger partial charge in [-0.3, -0.25) is 4.79 Å². The third-order valence-corrected chi connectivity index (χ3v) is 6.68. The highest BCUT2D eigenvalue weighted by Crippen LogP contribution is 2.14. The highest BCUT2D eigenvalue weighted by atomic mass is 16.6. The summed E-state index contributed by atoms with van der Waals surface area (Å²) in [6.45, 7) is 5.32. The van der Waals surface area contributed by atoms with E-state index in [4.69, 9.17) is 9.47 Å². The topological polar surface area (TPSA) is 55.8 Å². The predicted octanol–water partition coefficient (Wildman–Crippen LogP) is 8.92. The van der Waals surface area contributed by atoms with Gasteiger partial charge in [0.1, 0.15) is 6.10 Å². The summed E-state index contributed by atoms with van der Waals surface area (Å²) in [6, 6.07) is 0. The standard InChI is InChI=1S/C30H60O4/c1-3-5-7-9-11-12-13-14-15-16-17-18-19-20-21-23-25-30(32)34-29(27-31)28-33-26-24-22-10-8-6-4-2/h29,31H,3-28H2,1-2H3. The van der Waals surface area contributed by atoms with Gasteiger partial charge in [-0.2, -0.15) is 0 Å². The van der Waals surface area contributed by atoms with Crippen LogP contribution in [-0.2, 0) is 14.3 Å². The molecule has 0 radical (unpaired) electrons. The van der Waals surface area contributed by atoms with E-state index in [1.54, 1.807) is 0 Å². The molecular weight excluding hydrogens is 424 g/mol. The van der Waals surface area contributed by atoms with Gasteiger partial charge < -0.3 is 14.6 Å². The van der Waals surface area contributed by atoms with E-state index in [2.05, 4.69) is 13.8 Å². The van der Waals surface area contributed by atoms with Gasteiger partial charge in [0.2, 0.25) is 0 Å². The minimum Gasteiger partial charge on any atom is -0.457 e. The van der Waals surface area contributed by atoms with Gasteiger partial charge >= 0.3 is 5.97 Å². The van der Waals surface area contributed by atoms with Crippen LogP contribution in [0.3, 0.4) is 0 Å². The average molecular weight is 485 g/mol. The van der Waals surface area contributed by atoms with Crippen molar-refractivity contribution in [3.8, 4) is 0 Å². The van der Waals surface area contributed by atoms with Crippen LogP contribution in [0.2, 0.25) is 0 Å². The Bertz CT molecular complexity index is 399. The SMILES string of the molecule is CCCCCCCCCCCCCCCCCCC(=O)OC(CO)COCCCCCCCC. The lowest BCUT2D eigenvalue weighted by atomic mass is 10.0. The minimum absolute atomic E-state index is 0.165. The summed E-state index contributed by atoms with van der Waals surface area (Å²) in [5, 5.41) is 9.43. The minimum atomic E-state index is -0.520. The van der Waals surface area contributed by atoms with Gasteiger partial charge in [0.15, 0.2) is 0 Å². The molecular formula is C30H60O4. The molecule has 0 saturated heterocycles. The average Bonchev–Trinajstić information content (AvgIpc) is 2.84. The smallest absolute Gasteiger partial charge is 0.306 e. The molecule has 4 nitrogen and oxygen atoms in total. The lowest BCUT2D eigenvalue weighted by molar-refractivity contribution is -0.154. The van der Waals surface area contributed by atoms with E-state index < -0.39 is 6.10 Å². The quantitative estimate of drug-likeness (QED) is 0.0889. The second-order valence-corrected chi connectivity index (χ2v) is 10.2. The molecule has 0 bridgehead atoms. The molecule has 0 aromatic carbocycles. The van der Waals surface area contributed by atoms with Crippen molar-refractivity contribution >= 4 is 5.97 Å². The summed E-state index contributed by atoms with van der Waals surface area (Å²) in [5.74, 6) is -0.201. The molecule has 34 heavy (non-hydrogen) atoms. The number of carbonyl (C=O) groups is 1. The Morgan fingerprint density at radius 1 is 0.588 bits per heavy atom. The number of rotatable bonds is 28. The van der Waals surface area contributed by atoms with Crippen molar-refractivity contribution in [2.75, 3.05) is 19.8 Å². The number of aliphatic hydroxyl groups excluding tert-OH is 1. The highest BCUT2D eigenvalue weighted by Gasteiger charge is 2.13. The number of aliphatic hydroxyl groups is 1. The Kier molecular flexibility index (Phi) is 28.1. The summed E-state index contributed by atoms with van der Waals surface area (Å²) < 4.78 is 11.0. The Morgan fingerprint density at radius 2 is 0.971 bits per heavy atom. The van der Waals surface area contributed by atoms with Gasteiger partial charge in [0, 0.05) is 13.0 Å². The molecule has 0 aromatic heterocycles. The van der Waals surface area contributed by atoms with Crippen LogP contribution >= 0.6 is 0 Å². The Morgan fingerprint density at radius 3 is 1.38 bits per heavy atom. The van der Waals surface area contributed by atoms with E-state index >= 15 is 0 Å². The van der Waals surface area contributed by atoms with E-state index in [1.165, 1.54) is 122 Å². The first kappa shape index (κ1) is 33.4. The summed E-state index contributed by atoms with van der Waals surface area (Å²) in [5.41, 5.74) is 0. The maximum atomic E-state index is 12.0. The second-order valence-electron chi connectivity index (χ2n) is 10.2. The number of esters is 1. The van der Waals surface area contributed by atoms with E-state index in [1.807, 2.05) is 0 Å². The van der Waals surface area contributed by atoms with Crippen LogP contribution in [0, 0.1) is 0 Å². The van der Waals surface area contributed by atoms with E-state index in [9.17, 15) is 9.90 Å². The molecule has 0 saturated carbocycles.